The molecule has 0 aromatic rings. The Kier molecular flexibility index (Phi) is 2.52. The molecule has 3 rings (SSSR count). The van der Waals surface area contributed by atoms with Gasteiger partial charge in [0, 0.05) is 12.8 Å². The molecule has 0 amide bonds. The molecule has 1 atom stereocenters. The Hall–Kier alpha value is -0.140. The van der Waals surface area contributed by atoms with E-state index < -0.39 is 5.92 Å². The van der Waals surface area contributed by atoms with Gasteiger partial charge in [-0.3, -0.25) is 0 Å². The summed E-state index contributed by atoms with van der Waals surface area (Å²) in [5.41, 5.74) is 0.697. The molecule has 0 radical (unpaired) electrons. The van der Waals surface area contributed by atoms with Gasteiger partial charge in [0.2, 0.25) is 5.92 Å². The van der Waals surface area contributed by atoms with Crippen molar-refractivity contribution in [3.05, 3.63) is 0 Å². The molecule has 0 heterocycles. The summed E-state index contributed by atoms with van der Waals surface area (Å²) in [4.78, 5) is 0. The fourth-order valence-electron chi connectivity index (χ4n) is 4.07. The summed E-state index contributed by atoms with van der Waals surface area (Å²) in [6.45, 7) is 0. The first kappa shape index (κ1) is 11.0. The average molecular weight is 228 g/mol. The first-order valence-electron chi connectivity index (χ1n) is 6.97. The van der Waals surface area contributed by atoms with Crippen molar-refractivity contribution in [2.45, 2.75) is 70.1 Å². The van der Waals surface area contributed by atoms with Crippen molar-refractivity contribution in [2.24, 2.45) is 17.3 Å². The fourth-order valence-corrected chi connectivity index (χ4v) is 4.07. The van der Waals surface area contributed by atoms with Crippen LogP contribution in [0.5, 0.6) is 0 Å². The van der Waals surface area contributed by atoms with E-state index in [0.717, 1.165) is 18.8 Å². The van der Waals surface area contributed by atoms with Gasteiger partial charge in [0.1, 0.15) is 0 Å². The largest absolute Gasteiger partial charge is 0.248 e. The third kappa shape index (κ3) is 2.12. The van der Waals surface area contributed by atoms with E-state index in [0.29, 0.717) is 11.3 Å². The van der Waals surface area contributed by atoms with Gasteiger partial charge in [0.05, 0.1) is 0 Å². The number of hydrogen-bond donors (Lipinski definition) is 0. The maximum atomic E-state index is 13.1. The maximum Gasteiger partial charge on any atom is 0.248 e. The molecule has 0 bridgehead atoms. The molecule has 3 fully saturated rings. The van der Waals surface area contributed by atoms with Gasteiger partial charge in [-0.2, -0.15) is 0 Å². The van der Waals surface area contributed by atoms with Crippen LogP contribution in [0.1, 0.15) is 64.2 Å². The lowest BCUT2D eigenvalue weighted by Crippen LogP contribution is -2.31. The van der Waals surface area contributed by atoms with Crippen molar-refractivity contribution in [3.8, 4) is 0 Å². The zero-order valence-corrected chi connectivity index (χ0v) is 9.98. The second-order valence-electron chi connectivity index (χ2n) is 6.55. The molecule has 0 saturated heterocycles. The van der Waals surface area contributed by atoms with Gasteiger partial charge in [-0.1, -0.05) is 12.8 Å². The molecule has 3 saturated carbocycles. The molecule has 0 aromatic heterocycles. The summed E-state index contributed by atoms with van der Waals surface area (Å²) in [6.07, 6.45) is 10.2. The van der Waals surface area contributed by atoms with Crippen molar-refractivity contribution >= 4 is 0 Å². The first-order chi connectivity index (χ1) is 7.59. The maximum absolute atomic E-state index is 13.1. The van der Waals surface area contributed by atoms with Crippen LogP contribution in [0.4, 0.5) is 8.78 Å². The van der Waals surface area contributed by atoms with E-state index in [4.69, 9.17) is 0 Å². The Morgan fingerprint density at radius 1 is 0.750 bits per heavy atom. The molecule has 0 unspecified atom stereocenters. The predicted molar refractivity (Wildman–Crippen MR) is 60.5 cm³/mol. The Balaban J connectivity index is 1.57. The standard InChI is InChI=1S/C14H22F2/c15-14(16)6-3-11(4-7-14)12-2-1-5-13(10-12)8-9-13/h11-12H,1-10H2/t12-/m0/s1. The van der Waals surface area contributed by atoms with Crippen molar-refractivity contribution in [1.82, 2.24) is 0 Å². The van der Waals surface area contributed by atoms with Crippen LogP contribution in [0.2, 0.25) is 0 Å². The highest BCUT2D eigenvalue weighted by molar-refractivity contribution is 4.98. The van der Waals surface area contributed by atoms with Crippen LogP contribution in [0.25, 0.3) is 0 Å². The lowest BCUT2D eigenvalue weighted by Gasteiger charge is -2.38. The first-order valence-corrected chi connectivity index (χ1v) is 6.97. The molecule has 92 valence electrons. The third-order valence-electron chi connectivity index (χ3n) is 5.36. The van der Waals surface area contributed by atoms with Crippen LogP contribution >= 0.6 is 0 Å². The van der Waals surface area contributed by atoms with Crippen LogP contribution < -0.4 is 0 Å². The molecular formula is C14H22F2. The Morgan fingerprint density at radius 3 is 2.06 bits per heavy atom. The number of rotatable bonds is 1. The minimum atomic E-state index is -2.34. The van der Waals surface area contributed by atoms with Gasteiger partial charge < -0.3 is 0 Å². The summed E-state index contributed by atoms with van der Waals surface area (Å²) in [6, 6.07) is 0. The monoisotopic (exact) mass is 228 g/mol. The zero-order valence-electron chi connectivity index (χ0n) is 9.98. The molecule has 1 spiro atoms. The topological polar surface area (TPSA) is 0 Å². The van der Waals surface area contributed by atoms with E-state index in [-0.39, 0.29) is 12.8 Å². The van der Waals surface area contributed by atoms with E-state index >= 15 is 0 Å². The molecule has 3 aliphatic carbocycles. The van der Waals surface area contributed by atoms with Crippen LogP contribution in [0.3, 0.4) is 0 Å². The zero-order chi connectivity index (χ0) is 11.2. The van der Waals surface area contributed by atoms with Gasteiger partial charge in [-0.15, -0.1) is 0 Å². The van der Waals surface area contributed by atoms with Crippen LogP contribution in [-0.2, 0) is 0 Å². The molecule has 3 aliphatic rings. The summed E-state index contributed by atoms with van der Waals surface area (Å²) in [7, 11) is 0. The van der Waals surface area contributed by atoms with Crippen molar-refractivity contribution in [1.29, 1.82) is 0 Å². The minimum absolute atomic E-state index is 0.154. The number of alkyl halides is 2. The van der Waals surface area contributed by atoms with E-state index in [1.165, 1.54) is 38.5 Å². The van der Waals surface area contributed by atoms with Crippen LogP contribution in [0.15, 0.2) is 0 Å². The van der Waals surface area contributed by atoms with E-state index in [1.54, 1.807) is 0 Å². The Labute approximate surface area is 96.8 Å². The smallest absolute Gasteiger partial charge is 0.207 e. The van der Waals surface area contributed by atoms with Crippen LogP contribution in [0, 0.1) is 17.3 Å². The summed E-state index contributed by atoms with van der Waals surface area (Å²) < 4.78 is 26.2. The Morgan fingerprint density at radius 2 is 1.44 bits per heavy atom. The molecule has 16 heavy (non-hydrogen) atoms. The summed E-state index contributed by atoms with van der Waals surface area (Å²) in [5.74, 6) is -0.938. The number of halogens is 2. The molecule has 0 aromatic carbocycles. The van der Waals surface area contributed by atoms with E-state index in [1.807, 2.05) is 0 Å². The van der Waals surface area contributed by atoms with Crippen LogP contribution in [-0.4, -0.2) is 5.92 Å². The summed E-state index contributed by atoms with van der Waals surface area (Å²) in [5, 5.41) is 0. The van der Waals surface area contributed by atoms with Gasteiger partial charge in [-0.25, -0.2) is 8.78 Å². The van der Waals surface area contributed by atoms with Gasteiger partial charge in [0.25, 0.3) is 0 Å². The SMILES string of the molecule is FC1(F)CCC([C@H]2CCCC3(CC3)C2)CC1. The Bertz CT molecular complexity index is 258. The predicted octanol–water partition coefficient (Wildman–Crippen LogP) is 4.78. The minimum Gasteiger partial charge on any atom is -0.207 e. The lowest BCUT2D eigenvalue weighted by atomic mass is 9.68. The average Bonchev–Trinajstić information content (AvgIpc) is 2.97. The highest BCUT2D eigenvalue weighted by Crippen LogP contribution is 2.59. The quantitative estimate of drug-likeness (QED) is 0.605. The fraction of sp³-hybridized carbons (Fsp3) is 1.00. The van der Waals surface area contributed by atoms with Gasteiger partial charge in [-0.05, 0) is 55.8 Å². The van der Waals surface area contributed by atoms with E-state index in [9.17, 15) is 8.78 Å². The highest BCUT2D eigenvalue weighted by Gasteiger charge is 2.48. The van der Waals surface area contributed by atoms with Crippen molar-refractivity contribution in [2.75, 3.05) is 0 Å². The summed E-state index contributed by atoms with van der Waals surface area (Å²) >= 11 is 0. The van der Waals surface area contributed by atoms with Crippen molar-refractivity contribution in [3.63, 3.8) is 0 Å². The number of hydrogen-bond acceptors (Lipinski definition) is 0. The second kappa shape index (κ2) is 3.68. The second-order valence-corrected chi connectivity index (χ2v) is 6.55. The van der Waals surface area contributed by atoms with E-state index in [2.05, 4.69) is 0 Å². The van der Waals surface area contributed by atoms with Gasteiger partial charge >= 0.3 is 0 Å². The van der Waals surface area contributed by atoms with Crippen molar-refractivity contribution < 1.29 is 8.78 Å². The molecule has 0 aliphatic heterocycles. The molecule has 0 nitrogen and oxygen atoms in total. The normalized spacial score (nSPS) is 37.5. The van der Waals surface area contributed by atoms with Gasteiger partial charge in [0.15, 0.2) is 0 Å². The highest BCUT2D eigenvalue weighted by atomic mass is 19.3. The molecule has 2 heteroatoms. The molecule has 0 N–H and O–H groups in total. The lowest BCUT2D eigenvalue weighted by molar-refractivity contribution is -0.0559. The molecular weight excluding hydrogens is 206 g/mol. The third-order valence-corrected chi connectivity index (χ3v) is 5.36.